The van der Waals surface area contributed by atoms with E-state index in [2.05, 4.69) is 15.9 Å². The summed E-state index contributed by atoms with van der Waals surface area (Å²) in [6.07, 6.45) is -9.52. The minimum absolute atomic E-state index is 0.0559. The summed E-state index contributed by atoms with van der Waals surface area (Å²) in [6.45, 7) is -2.17. The minimum Gasteiger partial charge on any atom is -0.358 e. The Morgan fingerprint density at radius 1 is 1.04 bits per heavy atom. The van der Waals surface area contributed by atoms with Gasteiger partial charge in [0, 0.05) is 0 Å². The Morgan fingerprint density at radius 3 is 2.07 bits per heavy atom. The van der Waals surface area contributed by atoms with E-state index >= 15 is 0 Å². The van der Waals surface area contributed by atoms with Crippen molar-refractivity contribution >= 4 is 15.9 Å². The molecule has 0 unspecified atom stereocenters. The van der Waals surface area contributed by atoms with Gasteiger partial charge in [-0.25, -0.2) is 4.39 Å². The normalized spacial score (nSPS) is 12.3. The molecule has 0 fully saturated rings. The Morgan fingerprint density at radius 2 is 1.63 bits per heavy atom. The molecule has 2 rings (SSSR count). The van der Waals surface area contributed by atoms with Crippen molar-refractivity contribution in [1.82, 2.24) is 4.57 Å². The summed E-state index contributed by atoms with van der Waals surface area (Å²) in [4.78, 5) is 0. The molecule has 1 aromatic carbocycles. The van der Waals surface area contributed by atoms with Crippen LogP contribution in [0.15, 0.2) is 28.7 Å². The molecule has 0 atom stereocenters. The Labute approximate surface area is 157 Å². The third-order valence-electron chi connectivity index (χ3n) is 3.51. The predicted molar refractivity (Wildman–Crippen MR) is 84.2 cm³/mol. The molecule has 0 radical (unpaired) electrons. The van der Waals surface area contributed by atoms with Crippen molar-refractivity contribution in [2.75, 3.05) is 13.3 Å². The number of hydrogen-bond donors (Lipinski definition) is 0. The monoisotopic (exact) mass is 458 g/mol. The Bertz CT molecular complexity index is 848. The topological polar surface area (TPSA) is 38.0 Å². The summed E-state index contributed by atoms with van der Waals surface area (Å²) in [6, 6.07) is 4.91. The number of benzene rings is 1. The van der Waals surface area contributed by atoms with E-state index in [1.54, 1.807) is 6.07 Å². The van der Waals surface area contributed by atoms with Gasteiger partial charge in [-0.3, -0.25) is 0 Å². The Balaban J connectivity index is 2.68. The van der Waals surface area contributed by atoms with Gasteiger partial charge in [-0.05, 0) is 33.6 Å². The van der Waals surface area contributed by atoms with Gasteiger partial charge in [-0.15, -0.1) is 0 Å². The van der Waals surface area contributed by atoms with Crippen molar-refractivity contribution in [2.24, 2.45) is 0 Å². The van der Waals surface area contributed by atoms with Gasteiger partial charge in [0.05, 0.1) is 27.9 Å². The van der Waals surface area contributed by atoms with Crippen molar-refractivity contribution in [3.05, 3.63) is 45.6 Å². The van der Waals surface area contributed by atoms with Gasteiger partial charge in [-0.2, -0.15) is 31.6 Å². The largest absolute Gasteiger partial charge is 0.432 e. The van der Waals surface area contributed by atoms with E-state index in [1.165, 1.54) is 0 Å². The van der Waals surface area contributed by atoms with Crippen LogP contribution in [0.1, 0.15) is 16.8 Å². The van der Waals surface area contributed by atoms with Gasteiger partial charge in [0.25, 0.3) is 0 Å². The lowest BCUT2D eigenvalue weighted by molar-refractivity contribution is -0.146. The molecular formula is C16H10BrF7N2O. The molecule has 0 saturated heterocycles. The van der Waals surface area contributed by atoms with E-state index in [4.69, 9.17) is 4.74 Å². The zero-order valence-corrected chi connectivity index (χ0v) is 14.8. The fraction of sp³-hybridized carbons (Fsp3) is 0.312. The van der Waals surface area contributed by atoms with Crippen LogP contribution in [0.25, 0.3) is 11.3 Å². The standard InChI is InChI=1S/C16H10BrF7N2O/c17-12-11(7-25)13(9-1-3-10(4-2-9)15(19,20)21)26(8-27-6-5-18)14(12)16(22,23)24/h1-4H,5-6,8H2. The summed E-state index contributed by atoms with van der Waals surface area (Å²) in [5.74, 6) is 0. The quantitative estimate of drug-likeness (QED) is 0.421. The maximum absolute atomic E-state index is 13.4. The molecule has 0 spiro atoms. The molecule has 27 heavy (non-hydrogen) atoms. The number of rotatable bonds is 5. The molecule has 1 heterocycles. The average molecular weight is 459 g/mol. The van der Waals surface area contributed by atoms with Crippen molar-refractivity contribution in [1.29, 1.82) is 5.26 Å². The zero-order valence-electron chi connectivity index (χ0n) is 13.3. The molecule has 2 aromatic rings. The molecular weight excluding hydrogens is 449 g/mol. The van der Waals surface area contributed by atoms with E-state index in [1.807, 2.05) is 0 Å². The van der Waals surface area contributed by atoms with Crippen molar-refractivity contribution in [2.45, 2.75) is 19.1 Å². The molecule has 0 N–H and O–H groups in total. The number of aromatic nitrogens is 1. The third kappa shape index (κ3) is 4.44. The van der Waals surface area contributed by atoms with Crippen molar-refractivity contribution in [3.8, 4) is 17.3 Å². The molecule has 146 valence electrons. The minimum atomic E-state index is -4.90. The van der Waals surface area contributed by atoms with Crippen LogP contribution in [0.3, 0.4) is 0 Å². The van der Waals surface area contributed by atoms with E-state index in [0.29, 0.717) is 16.7 Å². The van der Waals surface area contributed by atoms with Crippen molar-refractivity contribution < 1.29 is 35.5 Å². The van der Waals surface area contributed by atoms with E-state index in [0.717, 1.165) is 12.1 Å². The van der Waals surface area contributed by atoms with Crippen LogP contribution in [0.4, 0.5) is 30.7 Å². The predicted octanol–water partition coefficient (Wildman–Crippen LogP) is 5.77. The van der Waals surface area contributed by atoms with Gasteiger partial charge >= 0.3 is 12.4 Å². The summed E-state index contributed by atoms with van der Waals surface area (Å²) >= 11 is 2.73. The summed E-state index contributed by atoms with van der Waals surface area (Å²) in [7, 11) is 0. The number of nitrogens with zero attached hydrogens (tertiary/aromatic N) is 2. The highest BCUT2D eigenvalue weighted by atomic mass is 79.9. The molecule has 0 aliphatic rings. The number of hydrogen-bond acceptors (Lipinski definition) is 2. The Kier molecular flexibility index (Phi) is 6.21. The molecule has 0 aliphatic heterocycles. The highest BCUT2D eigenvalue weighted by Gasteiger charge is 2.41. The fourth-order valence-electron chi connectivity index (χ4n) is 2.42. The molecule has 0 bridgehead atoms. The number of alkyl halides is 7. The second-order valence-corrected chi connectivity index (χ2v) is 6.02. The summed E-state index contributed by atoms with van der Waals surface area (Å²) in [5.41, 5.74) is -3.02. The van der Waals surface area contributed by atoms with Gasteiger partial charge in [0.1, 0.15) is 25.2 Å². The lowest BCUT2D eigenvalue weighted by Gasteiger charge is -2.16. The second kappa shape index (κ2) is 7.90. The third-order valence-corrected chi connectivity index (χ3v) is 4.28. The van der Waals surface area contributed by atoms with Crippen LogP contribution in [-0.4, -0.2) is 17.8 Å². The van der Waals surface area contributed by atoms with Crippen LogP contribution >= 0.6 is 15.9 Å². The van der Waals surface area contributed by atoms with Crippen LogP contribution < -0.4 is 0 Å². The molecule has 1 aromatic heterocycles. The maximum atomic E-state index is 13.4. The van der Waals surface area contributed by atoms with Crippen molar-refractivity contribution in [3.63, 3.8) is 0 Å². The number of ether oxygens (including phenoxy) is 1. The van der Waals surface area contributed by atoms with Crippen LogP contribution in [0, 0.1) is 11.3 Å². The van der Waals surface area contributed by atoms with Gasteiger partial charge in [0.15, 0.2) is 0 Å². The summed E-state index contributed by atoms with van der Waals surface area (Å²) in [5, 5.41) is 9.28. The lowest BCUT2D eigenvalue weighted by Crippen LogP contribution is -2.17. The smallest absolute Gasteiger partial charge is 0.358 e. The molecule has 0 saturated carbocycles. The highest BCUT2D eigenvalue weighted by molar-refractivity contribution is 9.10. The zero-order chi connectivity index (χ0) is 20.4. The number of nitriles is 1. The van der Waals surface area contributed by atoms with E-state index < -0.39 is 53.7 Å². The average Bonchev–Trinajstić information content (AvgIpc) is 2.86. The molecule has 0 amide bonds. The Hall–Kier alpha value is -2.06. The van der Waals surface area contributed by atoms with Gasteiger partial charge < -0.3 is 9.30 Å². The lowest BCUT2D eigenvalue weighted by atomic mass is 10.1. The second-order valence-electron chi connectivity index (χ2n) is 5.23. The SMILES string of the molecule is N#Cc1c(Br)c(C(F)(F)F)n(COCCF)c1-c1ccc(C(F)(F)F)cc1. The van der Waals surface area contributed by atoms with Crippen LogP contribution in [0.5, 0.6) is 0 Å². The summed E-state index contributed by atoms with van der Waals surface area (Å²) < 4.78 is 95.5. The molecule has 0 aliphatic carbocycles. The van der Waals surface area contributed by atoms with Gasteiger partial charge in [-0.1, -0.05) is 12.1 Å². The highest BCUT2D eigenvalue weighted by Crippen LogP contribution is 2.43. The first-order valence-electron chi connectivity index (χ1n) is 7.23. The van der Waals surface area contributed by atoms with E-state index in [9.17, 15) is 36.0 Å². The first-order valence-corrected chi connectivity index (χ1v) is 8.02. The first kappa shape index (κ1) is 21.2. The van der Waals surface area contributed by atoms with E-state index in [-0.39, 0.29) is 11.3 Å². The maximum Gasteiger partial charge on any atom is 0.432 e. The first-order chi connectivity index (χ1) is 12.5. The van der Waals surface area contributed by atoms with Gasteiger partial charge in [0.2, 0.25) is 0 Å². The van der Waals surface area contributed by atoms with Crippen LogP contribution in [-0.2, 0) is 23.8 Å². The fourth-order valence-corrected chi connectivity index (χ4v) is 3.14. The van der Waals surface area contributed by atoms with Crippen LogP contribution in [0.2, 0.25) is 0 Å². The molecule has 3 nitrogen and oxygen atoms in total. The number of halogens is 8. The molecule has 11 heteroatoms.